The Morgan fingerprint density at radius 2 is 2.24 bits per heavy atom. The van der Waals surface area contributed by atoms with Crippen molar-refractivity contribution in [1.29, 1.82) is 0 Å². The van der Waals surface area contributed by atoms with Gasteiger partial charge in [-0.3, -0.25) is 14.8 Å². The van der Waals surface area contributed by atoms with Gasteiger partial charge in [-0.15, -0.1) is 0 Å². The number of hydrogen-bond acceptors (Lipinski definition) is 4. The molecule has 0 saturated heterocycles. The Kier molecular flexibility index (Phi) is 2.78. The zero-order valence-corrected chi connectivity index (χ0v) is 9.17. The minimum absolute atomic E-state index is 0.174. The first-order chi connectivity index (χ1) is 8.15. The monoisotopic (exact) mass is 233 g/mol. The zero-order chi connectivity index (χ0) is 12.4. The number of rotatable bonds is 2. The maximum Gasteiger partial charge on any atom is 0.335 e. The molecule has 0 aromatic carbocycles. The quantitative estimate of drug-likeness (QED) is 0.775. The molecule has 0 radical (unpaired) electrons. The van der Waals surface area contributed by atoms with E-state index in [9.17, 15) is 14.7 Å². The molecular formula is C11H11N3O3. The molecule has 2 aromatic rings. The maximum atomic E-state index is 11.6. The molecule has 0 fully saturated rings. The van der Waals surface area contributed by atoms with E-state index in [0.717, 1.165) is 4.57 Å². The normalized spacial score (nSPS) is 10.4. The third-order valence-corrected chi connectivity index (χ3v) is 2.44. The second-order valence-electron chi connectivity index (χ2n) is 3.46. The largest absolute Gasteiger partial charge is 0.494 e. The molecule has 0 bridgehead atoms. The molecule has 0 spiro atoms. The van der Waals surface area contributed by atoms with Crippen molar-refractivity contribution in [1.82, 2.24) is 14.5 Å². The van der Waals surface area contributed by atoms with Crippen molar-refractivity contribution in [2.45, 2.75) is 13.3 Å². The van der Waals surface area contributed by atoms with Crippen molar-refractivity contribution in [3.63, 3.8) is 0 Å². The minimum Gasteiger partial charge on any atom is -0.494 e. The summed E-state index contributed by atoms with van der Waals surface area (Å²) in [6.07, 6.45) is 3.32. The molecule has 2 N–H and O–H groups in total. The molecule has 17 heavy (non-hydrogen) atoms. The van der Waals surface area contributed by atoms with E-state index in [0.29, 0.717) is 12.1 Å². The van der Waals surface area contributed by atoms with Crippen LogP contribution in [0.5, 0.6) is 5.88 Å². The number of aromatic amines is 1. The van der Waals surface area contributed by atoms with Gasteiger partial charge in [-0.05, 0) is 18.6 Å². The Morgan fingerprint density at radius 1 is 1.47 bits per heavy atom. The van der Waals surface area contributed by atoms with E-state index in [1.165, 1.54) is 6.20 Å². The van der Waals surface area contributed by atoms with Crippen LogP contribution in [0, 0.1) is 0 Å². The molecule has 6 heteroatoms. The summed E-state index contributed by atoms with van der Waals surface area (Å²) in [6.45, 7) is 1.72. The highest BCUT2D eigenvalue weighted by Crippen LogP contribution is 2.15. The van der Waals surface area contributed by atoms with E-state index in [1.807, 2.05) is 0 Å². The lowest BCUT2D eigenvalue weighted by molar-refractivity contribution is 0.423. The van der Waals surface area contributed by atoms with Crippen molar-refractivity contribution in [2.24, 2.45) is 0 Å². The van der Waals surface area contributed by atoms with Gasteiger partial charge in [0, 0.05) is 6.20 Å². The van der Waals surface area contributed by atoms with Crippen LogP contribution in [0.1, 0.15) is 12.5 Å². The number of aromatic nitrogens is 3. The van der Waals surface area contributed by atoms with Gasteiger partial charge in [-0.1, -0.05) is 6.92 Å². The Bertz CT molecular complexity index is 643. The third-order valence-electron chi connectivity index (χ3n) is 2.44. The SMILES string of the molecule is CCc1c(O)n(-c2cccnc2)c(=O)[nH]c1=O. The first-order valence-corrected chi connectivity index (χ1v) is 5.12. The van der Waals surface area contributed by atoms with Gasteiger partial charge in [-0.25, -0.2) is 9.36 Å². The van der Waals surface area contributed by atoms with Crippen LogP contribution in [-0.2, 0) is 6.42 Å². The second-order valence-corrected chi connectivity index (χ2v) is 3.46. The lowest BCUT2D eigenvalue weighted by atomic mass is 10.2. The van der Waals surface area contributed by atoms with E-state index in [4.69, 9.17) is 0 Å². The molecule has 0 atom stereocenters. The average Bonchev–Trinajstić information content (AvgIpc) is 2.30. The summed E-state index contributed by atoms with van der Waals surface area (Å²) >= 11 is 0. The van der Waals surface area contributed by atoms with Gasteiger partial charge >= 0.3 is 5.69 Å². The van der Waals surface area contributed by atoms with Gasteiger partial charge in [0.25, 0.3) is 5.56 Å². The third kappa shape index (κ3) is 1.84. The van der Waals surface area contributed by atoms with Gasteiger partial charge in [0.2, 0.25) is 5.88 Å². The van der Waals surface area contributed by atoms with Gasteiger partial charge < -0.3 is 5.11 Å². The van der Waals surface area contributed by atoms with E-state index in [2.05, 4.69) is 9.97 Å². The predicted octanol–water partition coefficient (Wildman–Crippen LogP) is 0.189. The number of pyridine rings is 1. The van der Waals surface area contributed by atoms with E-state index in [-0.39, 0.29) is 11.4 Å². The second kappa shape index (κ2) is 4.25. The summed E-state index contributed by atoms with van der Waals surface area (Å²) < 4.78 is 1.02. The molecular weight excluding hydrogens is 222 g/mol. The summed E-state index contributed by atoms with van der Waals surface area (Å²) in [6, 6.07) is 3.25. The molecule has 2 aromatic heterocycles. The number of aromatic hydroxyl groups is 1. The molecule has 0 amide bonds. The minimum atomic E-state index is -0.683. The van der Waals surface area contributed by atoms with Crippen LogP contribution in [0.25, 0.3) is 5.69 Å². The van der Waals surface area contributed by atoms with Crippen LogP contribution in [0.4, 0.5) is 0 Å². The molecule has 88 valence electrons. The fourth-order valence-corrected chi connectivity index (χ4v) is 1.61. The molecule has 0 aliphatic rings. The lowest BCUT2D eigenvalue weighted by Gasteiger charge is -2.09. The summed E-state index contributed by atoms with van der Waals surface area (Å²) in [5.41, 5.74) is -0.665. The summed E-state index contributed by atoms with van der Waals surface area (Å²) in [5, 5.41) is 9.92. The molecule has 6 nitrogen and oxygen atoms in total. The molecule has 2 heterocycles. The van der Waals surface area contributed by atoms with Crippen molar-refractivity contribution in [2.75, 3.05) is 0 Å². The number of hydrogen-bond donors (Lipinski definition) is 2. The topological polar surface area (TPSA) is 88.0 Å². The van der Waals surface area contributed by atoms with E-state index in [1.54, 1.807) is 25.3 Å². The standard InChI is InChI=1S/C11H11N3O3/c1-2-8-9(15)13-11(17)14(10(8)16)7-4-3-5-12-6-7/h3-6,16H,2H2,1H3,(H,13,15,17). The maximum absolute atomic E-state index is 11.6. The summed E-state index contributed by atoms with van der Waals surface area (Å²) in [7, 11) is 0. The van der Waals surface area contributed by atoms with Crippen LogP contribution < -0.4 is 11.2 Å². The summed E-state index contributed by atoms with van der Waals surface area (Å²) in [5.74, 6) is -0.339. The molecule has 0 unspecified atom stereocenters. The number of nitrogens with one attached hydrogen (secondary N) is 1. The fourth-order valence-electron chi connectivity index (χ4n) is 1.61. The van der Waals surface area contributed by atoms with Crippen LogP contribution in [0.2, 0.25) is 0 Å². The first kappa shape index (κ1) is 11.1. The average molecular weight is 233 g/mol. The smallest absolute Gasteiger partial charge is 0.335 e. The highest BCUT2D eigenvalue weighted by molar-refractivity contribution is 5.35. The Balaban J connectivity index is 2.80. The van der Waals surface area contributed by atoms with Crippen molar-refractivity contribution < 1.29 is 5.11 Å². The Labute approximate surface area is 96.2 Å². The van der Waals surface area contributed by atoms with E-state index < -0.39 is 11.2 Å². The van der Waals surface area contributed by atoms with Crippen molar-refractivity contribution in [3.8, 4) is 11.6 Å². The number of nitrogens with zero attached hydrogens (tertiary/aromatic N) is 2. The van der Waals surface area contributed by atoms with Crippen molar-refractivity contribution >= 4 is 0 Å². The van der Waals surface area contributed by atoms with Crippen LogP contribution in [0.3, 0.4) is 0 Å². The van der Waals surface area contributed by atoms with Gasteiger partial charge in [0.15, 0.2) is 0 Å². The van der Waals surface area contributed by atoms with Gasteiger partial charge in [0.1, 0.15) is 0 Å². The predicted molar refractivity (Wildman–Crippen MR) is 61.5 cm³/mol. The highest BCUT2D eigenvalue weighted by Gasteiger charge is 2.13. The van der Waals surface area contributed by atoms with Crippen LogP contribution >= 0.6 is 0 Å². The molecule has 2 rings (SSSR count). The van der Waals surface area contributed by atoms with Crippen LogP contribution in [-0.4, -0.2) is 19.6 Å². The molecule has 0 aliphatic heterocycles. The van der Waals surface area contributed by atoms with Gasteiger partial charge in [0.05, 0.1) is 17.4 Å². The van der Waals surface area contributed by atoms with Crippen molar-refractivity contribution in [3.05, 3.63) is 50.9 Å². The van der Waals surface area contributed by atoms with Crippen LogP contribution in [0.15, 0.2) is 34.1 Å². The first-order valence-electron chi connectivity index (χ1n) is 5.12. The molecule has 0 aliphatic carbocycles. The fraction of sp³-hybridized carbons (Fsp3) is 0.182. The Morgan fingerprint density at radius 3 is 2.82 bits per heavy atom. The summed E-state index contributed by atoms with van der Waals surface area (Å²) in [4.78, 5) is 29.1. The van der Waals surface area contributed by atoms with Gasteiger partial charge in [-0.2, -0.15) is 0 Å². The Hall–Kier alpha value is -2.37. The lowest BCUT2D eigenvalue weighted by Crippen LogP contribution is -2.31. The highest BCUT2D eigenvalue weighted by atomic mass is 16.3. The number of H-pyrrole nitrogens is 1. The van der Waals surface area contributed by atoms with E-state index >= 15 is 0 Å². The molecule has 0 saturated carbocycles. The zero-order valence-electron chi connectivity index (χ0n) is 9.17.